The number of aryl methyl sites for hydroxylation is 2. The number of imidazole rings is 1. The topological polar surface area (TPSA) is 107 Å². The van der Waals surface area contributed by atoms with E-state index in [-0.39, 0.29) is 21.6 Å². The molecule has 0 amide bonds. The monoisotopic (exact) mass is 330 g/mol. The Labute approximate surface area is 125 Å². The summed E-state index contributed by atoms with van der Waals surface area (Å²) in [4.78, 5) is 14.0. The van der Waals surface area contributed by atoms with E-state index in [0.717, 1.165) is 0 Å². The summed E-state index contributed by atoms with van der Waals surface area (Å²) in [5.41, 5.74) is 0.151. The molecule has 21 heavy (non-hydrogen) atoms. The third kappa shape index (κ3) is 2.98. The predicted molar refractivity (Wildman–Crippen MR) is 76.9 cm³/mol. The van der Waals surface area contributed by atoms with Gasteiger partial charge < -0.3 is 4.57 Å². The molecule has 1 N–H and O–H groups in total. The van der Waals surface area contributed by atoms with Gasteiger partial charge in [0.1, 0.15) is 10.8 Å². The molecular formula is C11H11ClN4O4S. The minimum absolute atomic E-state index is 0.0859. The molecule has 2 aromatic rings. The van der Waals surface area contributed by atoms with E-state index in [4.69, 9.17) is 11.6 Å². The van der Waals surface area contributed by atoms with Crippen molar-refractivity contribution in [3.63, 3.8) is 0 Å². The van der Waals surface area contributed by atoms with Crippen LogP contribution in [0.1, 0.15) is 5.56 Å². The SMILES string of the molecule is Cc1ccc(NS(=O)(=O)c2ncn(C)c2Cl)c([N+](=O)[O-])c1. The van der Waals surface area contributed by atoms with Crippen LogP contribution in [0.15, 0.2) is 29.6 Å². The lowest BCUT2D eigenvalue weighted by Crippen LogP contribution is -2.15. The average Bonchev–Trinajstić information content (AvgIpc) is 2.72. The summed E-state index contributed by atoms with van der Waals surface area (Å²) in [6, 6.07) is 4.16. The molecule has 0 saturated heterocycles. The van der Waals surface area contributed by atoms with Crippen LogP contribution in [0.4, 0.5) is 11.4 Å². The molecule has 8 nitrogen and oxygen atoms in total. The predicted octanol–water partition coefficient (Wildman–Crippen LogP) is 2.09. The van der Waals surface area contributed by atoms with E-state index in [2.05, 4.69) is 9.71 Å². The Balaban J connectivity index is 2.47. The van der Waals surface area contributed by atoms with Crippen LogP contribution in [0.3, 0.4) is 0 Å². The van der Waals surface area contributed by atoms with E-state index in [1.165, 1.54) is 30.1 Å². The molecule has 0 unspecified atom stereocenters. The van der Waals surface area contributed by atoms with Crippen molar-refractivity contribution >= 4 is 33.0 Å². The highest BCUT2D eigenvalue weighted by Gasteiger charge is 2.25. The number of anilines is 1. The lowest BCUT2D eigenvalue weighted by atomic mass is 10.2. The highest BCUT2D eigenvalue weighted by Crippen LogP contribution is 2.29. The van der Waals surface area contributed by atoms with E-state index < -0.39 is 14.9 Å². The maximum absolute atomic E-state index is 12.2. The summed E-state index contributed by atoms with van der Waals surface area (Å²) >= 11 is 5.83. The number of sulfonamides is 1. The Bertz CT molecular complexity index is 816. The fourth-order valence-electron chi connectivity index (χ4n) is 1.65. The summed E-state index contributed by atoms with van der Waals surface area (Å²) in [5.74, 6) is 0. The van der Waals surface area contributed by atoms with Crippen molar-refractivity contribution in [3.8, 4) is 0 Å². The van der Waals surface area contributed by atoms with Crippen LogP contribution in [-0.2, 0) is 17.1 Å². The molecule has 10 heteroatoms. The smallest absolute Gasteiger partial charge is 0.293 e. The van der Waals surface area contributed by atoms with Gasteiger partial charge in [0.25, 0.3) is 15.7 Å². The van der Waals surface area contributed by atoms with Gasteiger partial charge in [0.15, 0.2) is 0 Å². The van der Waals surface area contributed by atoms with Gasteiger partial charge in [-0.25, -0.2) is 4.98 Å². The molecule has 0 bridgehead atoms. The third-order valence-electron chi connectivity index (χ3n) is 2.68. The number of nitrogens with zero attached hydrogens (tertiary/aromatic N) is 3. The Morgan fingerprint density at radius 1 is 1.43 bits per heavy atom. The van der Waals surface area contributed by atoms with Crippen LogP contribution in [0.2, 0.25) is 5.15 Å². The number of hydrogen-bond acceptors (Lipinski definition) is 5. The molecule has 1 aromatic carbocycles. The number of nitrogens with one attached hydrogen (secondary N) is 1. The van der Waals surface area contributed by atoms with Gasteiger partial charge >= 0.3 is 0 Å². The second-order valence-electron chi connectivity index (χ2n) is 4.33. The van der Waals surface area contributed by atoms with Crippen LogP contribution < -0.4 is 4.72 Å². The molecule has 1 aromatic heterocycles. The Morgan fingerprint density at radius 2 is 2.10 bits per heavy atom. The second-order valence-corrected chi connectivity index (χ2v) is 6.29. The molecule has 0 aliphatic heterocycles. The number of halogens is 1. The molecular weight excluding hydrogens is 320 g/mol. The van der Waals surface area contributed by atoms with Gasteiger partial charge in [-0.1, -0.05) is 17.7 Å². The number of benzene rings is 1. The quantitative estimate of drug-likeness (QED) is 0.682. The standard InChI is InChI=1S/C11H11ClN4O4S/c1-7-3-4-8(9(5-7)16(17)18)14-21(19,20)11-10(12)15(2)6-13-11/h3-6,14H,1-2H3. The molecule has 2 rings (SSSR count). The van der Waals surface area contributed by atoms with Crippen LogP contribution in [0.25, 0.3) is 0 Å². The first kappa shape index (κ1) is 15.3. The first-order valence-corrected chi connectivity index (χ1v) is 7.53. The molecule has 0 aliphatic carbocycles. The van der Waals surface area contributed by atoms with Crippen molar-refractivity contribution in [1.29, 1.82) is 0 Å². The minimum atomic E-state index is -4.11. The fourth-order valence-corrected chi connectivity index (χ4v) is 3.15. The summed E-state index contributed by atoms with van der Waals surface area (Å²) in [5, 5.41) is 10.5. The average molecular weight is 331 g/mol. The molecule has 0 fully saturated rings. The van der Waals surface area contributed by atoms with Gasteiger partial charge in [0.05, 0.1) is 11.3 Å². The van der Waals surface area contributed by atoms with Crippen molar-refractivity contribution in [2.24, 2.45) is 7.05 Å². The normalized spacial score (nSPS) is 11.4. The van der Waals surface area contributed by atoms with Crippen LogP contribution >= 0.6 is 11.6 Å². The van der Waals surface area contributed by atoms with Crippen LogP contribution in [0, 0.1) is 17.0 Å². The van der Waals surface area contributed by atoms with E-state index in [1.54, 1.807) is 13.0 Å². The molecule has 112 valence electrons. The van der Waals surface area contributed by atoms with E-state index >= 15 is 0 Å². The zero-order valence-electron chi connectivity index (χ0n) is 11.1. The number of hydrogen-bond donors (Lipinski definition) is 1. The van der Waals surface area contributed by atoms with Gasteiger partial charge in [-0.3, -0.25) is 14.8 Å². The molecule has 1 heterocycles. The first-order valence-electron chi connectivity index (χ1n) is 5.67. The van der Waals surface area contributed by atoms with E-state index in [1.807, 2.05) is 0 Å². The maximum atomic E-state index is 12.2. The Morgan fingerprint density at radius 3 is 2.62 bits per heavy atom. The zero-order chi connectivity index (χ0) is 15.8. The van der Waals surface area contributed by atoms with E-state index in [0.29, 0.717) is 5.56 Å². The van der Waals surface area contributed by atoms with Crippen molar-refractivity contribution in [2.45, 2.75) is 11.9 Å². The van der Waals surface area contributed by atoms with Gasteiger partial charge in [0.2, 0.25) is 5.03 Å². The number of nitro benzene ring substituents is 1. The molecule has 0 spiro atoms. The van der Waals surface area contributed by atoms with Gasteiger partial charge in [-0.2, -0.15) is 8.42 Å². The Kier molecular flexibility index (Phi) is 3.88. The highest BCUT2D eigenvalue weighted by atomic mass is 35.5. The van der Waals surface area contributed by atoms with Gasteiger partial charge in [-0.15, -0.1) is 0 Å². The second kappa shape index (κ2) is 5.34. The lowest BCUT2D eigenvalue weighted by molar-refractivity contribution is -0.383. The lowest BCUT2D eigenvalue weighted by Gasteiger charge is -2.07. The summed E-state index contributed by atoms with van der Waals surface area (Å²) in [7, 11) is -2.58. The van der Waals surface area contributed by atoms with Crippen LogP contribution in [-0.4, -0.2) is 22.9 Å². The summed E-state index contributed by atoms with van der Waals surface area (Å²) < 4.78 is 27.9. The van der Waals surface area contributed by atoms with E-state index in [9.17, 15) is 18.5 Å². The number of aromatic nitrogens is 2. The fraction of sp³-hybridized carbons (Fsp3) is 0.182. The van der Waals surface area contributed by atoms with Crippen molar-refractivity contribution in [1.82, 2.24) is 9.55 Å². The summed E-state index contributed by atoms with van der Waals surface area (Å²) in [6.45, 7) is 1.67. The van der Waals surface area contributed by atoms with Crippen molar-refractivity contribution in [3.05, 3.63) is 45.4 Å². The van der Waals surface area contributed by atoms with Gasteiger partial charge in [0, 0.05) is 13.1 Å². The number of rotatable bonds is 4. The van der Waals surface area contributed by atoms with Crippen molar-refractivity contribution < 1.29 is 13.3 Å². The maximum Gasteiger partial charge on any atom is 0.293 e. The minimum Gasteiger partial charge on any atom is -0.324 e. The van der Waals surface area contributed by atoms with Crippen molar-refractivity contribution in [2.75, 3.05) is 4.72 Å². The molecule has 0 aliphatic rings. The summed E-state index contributed by atoms with van der Waals surface area (Å²) in [6.07, 6.45) is 1.24. The molecule has 0 atom stereocenters. The molecule has 0 radical (unpaired) electrons. The first-order chi connectivity index (χ1) is 9.72. The highest BCUT2D eigenvalue weighted by molar-refractivity contribution is 7.92. The largest absolute Gasteiger partial charge is 0.324 e. The zero-order valence-corrected chi connectivity index (χ0v) is 12.6. The molecule has 0 saturated carbocycles. The third-order valence-corrected chi connectivity index (χ3v) is 4.54. The van der Waals surface area contributed by atoms with Gasteiger partial charge in [-0.05, 0) is 18.6 Å². The Hall–Kier alpha value is -2.13. The van der Waals surface area contributed by atoms with Crippen LogP contribution in [0.5, 0.6) is 0 Å². The number of nitro groups is 1.